The molecule has 0 atom stereocenters. The van der Waals surface area contributed by atoms with Gasteiger partial charge in [0.05, 0.1) is 0 Å². The van der Waals surface area contributed by atoms with Gasteiger partial charge in [0, 0.05) is 5.70 Å². The molecule has 0 unspecified atom stereocenters. The molecule has 0 aliphatic rings. The van der Waals surface area contributed by atoms with Crippen LogP contribution in [0.2, 0.25) is 0 Å². The van der Waals surface area contributed by atoms with Crippen molar-refractivity contribution in [3.8, 4) is 0 Å². The molecule has 0 aliphatic heterocycles. The third kappa shape index (κ3) is 4.45. The maximum Gasteiger partial charge on any atom is 0.448 e. The molecule has 0 saturated heterocycles. The Morgan fingerprint density at radius 1 is 1.46 bits per heavy atom. The standard InChI is InChI=1S/C8H12F3NO/c1-5(2)7(12)4-13-6(3)8(9,10)11/h4-5H,3,12H2,1-2H3/b7-4-. The largest absolute Gasteiger partial charge is 0.459 e. The number of rotatable bonds is 3. The summed E-state index contributed by atoms with van der Waals surface area (Å²) in [5, 5.41) is 0. The lowest BCUT2D eigenvalue weighted by molar-refractivity contribution is -0.121. The third-order valence-corrected chi connectivity index (χ3v) is 1.32. The molecule has 0 aromatic carbocycles. The van der Waals surface area contributed by atoms with E-state index in [1.807, 2.05) is 0 Å². The first-order valence-corrected chi connectivity index (χ1v) is 3.63. The minimum absolute atomic E-state index is 0.0546. The van der Waals surface area contributed by atoms with E-state index in [0.29, 0.717) is 0 Å². The van der Waals surface area contributed by atoms with Crippen LogP contribution in [0, 0.1) is 5.92 Å². The van der Waals surface area contributed by atoms with Crippen molar-refractivity contribution in [3.05, 3.63) is 24.3 Å². The predicted molar refractivity (Wildman–Crippen MR) is 43.4 cm³/mol. The molecule has 0 aromatic rings. The first-order chi connectivity index (χ1) is 5.75. The van der Waals surface area contributed by atoms with Gasteiger partial charge in [0.15, 0.2) is 5.76 Å². The van der Waals surface area contributed by atoms with E-state index in [-0.39, 0.29) is 11.6 Å². The third-order valence-electron chi connectivity index (χ3n) is 1.32. The highest BCUT2D eigenvalue weighted by Crippen LogP contribution is 2.25. The van der Waals surface area contributed by atoms with Gasteiger partial charge in [-0.2, -0.15) is 13.2 Å². The first-order valence-electron chi connectivity index (χ1n) is 3.63. The Morgan fingerprint density at radius 2 is 1.92 bits per heavy atom. The highest BCUT2D eigenvalue weighted by Gasteiger charge is 2.33. The maximum atomic E-state index is 11.8. The van der Waals surface area contributed by atoms with Crippen LogP contribution in [0.1, 0.15) is 13.8 Å². The predicted octanol–water partition coefficient (Wildman–Crippen LogP) is 2.54. The minimum atomic E-state index is -4.53. The topological polar surface area (TPSA) is 35.2 Å². The normalized spacial score (nSPS) is 13.2. The van der Waals surface area contributed by atoms with Crippen molar-refractivity contribution in [2.24, 2.45) is 11.7 Å². The molecule has 0 heterocycles. The monoisotopic (exact) mass is 195 g/mol. The summed E-state index contributed by atoms with van der Waals surface area (Å²) in [5.74, 6) is -1.32. The Balaban J connectivity index is 4.18. The fraction of sp³-hybridized carbons (Fsp3) is 0.500. The van der Waals surface area contributed by atoms with Gasteiger partial charge in [-0.15, -0.1) is 0 Å². The van der Waals surface area contributed by atoms with Crippen LogP contribution in [-0.2, 0) is 4.74 Å². The van der Waals surface area contributed by atoms with Crippen LogP contribution in [0.15, 0.2) is 24.3 Å². The lowest BCUT2D eigenvalue weighted by Gasteiger charge is -2.10. The number of allylic oxidation sites excluding steroid dienone is 2. The summed E-state index contributed by atoms with van der Waals surface area (Å²) in [6.45, 7) is 6.19. The molecule has 13 heavy (non-hydrogen) atoms. The van der Waals surface area contributed by atoms with Gasteiger partial charge in [-0.25, -0.2) is 0 Å². The van der Waals surface area contributed by atoms with Crippen molar-refractivity contribution < 1.29 is 17.9 Å². The second-order valence-corrected chi connectivity index (χ2v) is 2.81. The second-order valence-electron chi connectivity index (χ2n) is 2.81. The Morgan fingerprint density at radius 3 is 2.23 bits per heavy atom. The van der Waals surface area contributed by atoms with Gasteiger partial charge in [0.1, 0.15) is 6.26 Å². The van der Waals surface area contributed by atoms with E-state index >= 15 is 0 Å². The molecule has 0 fully saturated rings. The molecule has 0 amide bonds. The molecule has 0 rings (SSSR count). The van der Waals surface area contributed by atoms with Crippen LogP contribution in [0.5, 0.6) is 0 Å². The van der Waals surface area contributed by atoms with Gasteiger partial charge in [0.2, 0.25) is 0 Å². The average Bonchev–Trinajstić information content (AvgIpc) is 1.97. The van der Waals surface area contributed by atoms with E-state index in [1.54, 1.807) is 13.8 Å². The van der Waals surface area contributed by atoms with Crippen molar-refractivity contribution >= 4 is 0 Å². The quantitative estimate of drug-likeness (QED) is 0.702. The summed E-state index contributed by atoms with van der Waals surface area (Å²) < 4.78 is 39.6. The molecule has 5 heteroatoms. The van der Waals surface area contributed by atoms with Crippen LogP contribution in [-0.4, -0.2) is 6.18 Å². The van der Waals surface area contributed by atoms with E-state index in [1.165, 1.54) is 0 Å². The molecule has 0 radical (unpaired) electrons. The summed E-state index contributed by atoms with van der Waals surface area (Å²) in [6, 6.07) is 0. The summed E-state index contributed by atoms with van der Waals surface area (Å²) in [4.78, 5) is 0. The zero-order valence-corrected chi connectivity index (χ0v) is 7.48. The minimum Gasteiger partial charge on any atom is -0.459 e. The highest BCUT2D eigenvalue weighted by molar-refractivity contribution is 5.00. The van der Waals surface area contributed by atoms with Crippen LogP contribution in [0.4, 0.5) is 13.2 Å². The Bertz CT molecular complexity index is 218. The zero-order valence-electron chi connectivity index (χ0n) is 7.48. The van der Waals surface area contributed by atoms with Crippen LogP contribution in [0.25, 0.3) is 0 Å². The molecular formula is C8H12F3NO. The first kappa shape index (κ1) is 11.9. The van der Waals surface area contributed by atoms with Crippen LogP contribution in [0.3, 0.4) is 0 Å². The van der Waals surface area contributed by atoms with Crippen molar-refractivity contribution in [2.75, 3.05) is 0 Å². The van der Waals surface area contributed by atoms with E-state index in [4.69, 9.17) is 5.73 Å². The summed E-state index contributed by atoms with van der Waals surface area (Å²) in [6.07, 6.45) is -3.67. The molecular weight excluding hydrogens is 183 g/mol. The molecule has 0 saturated carbocycles. The lowest BCUT2D eigenvalue weighted by atomic mass is 10.2. The van der Waals surface area contributed by atoms with Gasteiger partial charge >= 0.3 is 6.18 Å². The van der Waals surface area contributed by atoms with Crippen molar-refractivity contribution in [2.45, 2.75) is 20.0 Å². The van der Waals surface area contributed by atoms with Gasteiger partial charge in [-0.1, -0.05) is 20.4 Å². The molecule has 0 aliphatic carbocycles. The Hall–Kier alpha value is -1.13. The van der Waals surface area contributed by atoms with E-state index in [9.17, 15) is 13.2 Å². The molecule has 0 spiro atoms. The van der Waals surface area contributed by atoms with Gasteiger partial charge in [-0.3, -0.25) is 0 Å². The van der Waals surface area contributed by atoms with Crippen molar-refractivity contribution in [1.82, 2.24) is 0 Å². The SMILES string of the molecule is C=C(O/C=C(\N)C(C)C)C(F)(F)F. The number of nitrogens with two attached hydrogens (primary N) is 1. The number of alkyl halides is 3. The van der Waals surface area contributed by atoms with E-state index in [0.717, 1.165) is 6.26 Å². The number of ether oxygens (including phenoxy) is 1. The molecule has 0 bridgehead atoms. The van der Waals surface area contributed by atoms with Gasteiger partial charge in [0.25, 0.3) is 0 Å². The molecule has 0 aromatic heterocycles. The number of hydrogen-bond donors (Lipinski definition) is 1. The maximum absolute atomic E-state index is 11.8. The van der Waals surface area contributed by atoms with Crippen LogP contribution >= 0.6 is 0 Å². The highest BCUT2D eigenvalue weighted by atomic mass is 19.4. The summed E-state index contributed by atoms with van der Waals surface area (Å²) >= 11 is 0. The average molecular weight is 195 g/mol. The summed E-state index contributed by atoms with van der Waals surface area (Å²) in [5.41, 5.74) is 5.58. The lowest BCUT2D eigenvalue weighted by Crippen LogP contribution is -2.13. The van der Waals surface area contributed by atoms with Crippen molar-refractivity contribution in [3.63, 3.8) is 0 Å². The number of hydrogen-bond acceptors (Lipinski definition) is 2. The molecule has 2 nitrogen and oxygen atoms in total. The zero-order chi connectivity index (χ0) is 10.6. The fourth-order valence-electron chi connectivity index (χ4n) is 0.342. The molecule has 76 valence electrons. The van der Waals surface area contributed by atoms with Crippen LogP contribution < -0.4 is 5.73 Å². The number of halogens is 3. The van der Waals surface area contributed by atoms with Gasteiger partial charge < -0.3 is 10.5 Å². The van der Waals surface area contributed by atoms with E-state index < -0.39 is 11.9 Å². The summed E-state index contributed by atoms with van der Waals surface area (Å²) in [7, 11) is 0. The van der Waals surface area contributed by atoms with Crippen molar-refractivity contribution in [1.29, 1.82) is 0 Å². The second kappa shape index (κ2) is 4.20. The Kier molecular flexibility index (Phi) is 3.84. The fourth-order valence-corrected chi connectivity index (χ4v) is 0.342. The smallest absolute Gasteiger partial charge is 0.448 e. The molecule has 2 N–H and O–H groups in total. The van der Waals surface area contributed by atoms with E-state index in [2.05, 4.69) is 11.3 Å². The van der Waals surface area contributed by atoms with Gasteiger partial charge in [-0.05, 0) is 5.92 Å². The Labute approximate surface area is 74.9 Å².